The van der Waals surface area contributed by atoms with Crippen LogP contribution in [-0.4, -0.2) is 66.2 Å². The van der Waals surface area contributed by atoms with Gasteiger partial charge in [0.15, 0.2) is 5.13 Å². The van der Waals surface area contributed by atoms with E-state index in [1.54, 1.807) is 20.7 Å². The number of non-ortho nitro benzene ring substituents is 1. The van der Waals surface area contributed by atoms with Crippen molar-refractivity contribution in [2.45, 2.75) is 12.8 Å². The number of nitro benzene ring substituents is 1. The fourth-order valence-electron chi connectivity index (χ4n) is 3.51. The summed E-state index contributed by atoms with van der Waals surface area (Å²) in [6.45, 7) is 3.25. The molecule has 2 saturated heterocycles. The lowest BCUT2D eigenvalue weighted by Crippen LogP contribution is -2.52. The quantitative estimate of drug-likeness (QED) is 0.540. The molecule has 0 unspecified atom stereocenters. The Labute approximate surface area is 167 Å². The van der Waals surface area contributed by atoms with E-state index in [9.17, 15) is 18.5 Å². The van der Waals surface area contributed by atoms with E-state index in [-0.39, 0.29) is 5.69 Å². The zero-order chi connectivity index (χ0) is 19.7. The van der Waals surface area contributed by atoms with Crippen molar-refractivity contribution in [3.8, 4) is 11.3 Å². The number of thiazole rings is 1. The molecule has 2 fully saturated rings. The predicted molar refractivity (Wildman–Crippen MR) is 108 cm³/mol. The molecule has 2 aliphatic heterocycles. The molecule has 0 saturated carbocycles. The number of anilines is 1. The first-order valence-corrected chi connectivity index (χ1v) is 11.4. The van der Waals surface area contributed by atoms with Gasteiger partial charge in [0.05, 0.1) is 10.6 Å². The van der Waals surface area contributed by atoms with Crippen molar-refractivity contribution >= 4 is 32.4 Å². The van der Waals surface area contributed by atoms with Crippen LogP contribution >= 0.6 is 11.3 Å². The van der Waals surface area contributed by atoms with Crippen LogP contribution in [0.2, 0.25) is 0 Å². The zero-order valence-electron chi connectivity index (χ0n) is 15.2. The Morgan fingerprint density at radius 2 is 1.71 bits per heavy atom. The number of hydrogen-bond donors (Lipinski definition) is 0. The smallest absolute Gasteiger partial charge is 0.282 e. The van der Waals surface area contributed by atoms with Crippen LogP contribution in [0.1, 0.15) is 12.8 Å². The van der Waals surface area contributed by atoms with Gasteiger partial charge in [0.25, 0.3) is 15.9 Å². The molecule has 2 aliphatic rings. The van der Waals surface area contributed by atoms with Crippen LogP contribution in [0.5, 0.6) is 0 Å². The van der Waals surface area contributed by atoms with Crippen LogP contribution in [0.4, 0.5) is 10.8 Å². The molecule has 0 N–H and O–H groups in total. The zero-order valence-corrected chi connectivity index (χ0v) is 16.9. The van der Waals surface area contributed by atoms with E-state index in [4.69, 9.17) is 0 Å². The third-order valence-corrected chi connectivity index (χ3v) is 8.01. The molecule has 0 amide bonds. The molecule has 28 heavy (non-hydrogen) atoms. The molecule has 1 aromatic carbocycles. The second-order valence-electron chi connectivity index (χ2n) is 6.82. The van der Waals surface area contributed by atoms with Crippen molar-refractivity contribution < 1.29 is 13.3 Å². The molecule has 0 aliphatic carbocycles. The molecule has 150 valence electrons. The van der Waals surface area contributed by atoms with Crippen LogP contribution < -0.4 is 4.90 Å². The van der Waals surface area contributed by atoms with E-state index in [0.29, 0.717) is 50.5 Å². The van der Waals surface area contributed by atoms with E-state index in [1.165, 1.54) is 23.5 Å². The van der Waals surface area contributed by atoms with Crippen molar-refractivity contribution in [2.75, 3.05) is 44.2 Å². The minimum absolute atomic E-state index is 0.0350. The third kappa shape index (κ3) is 3.75. The third-order valence-electron chi connectivity index (χ3n) is 5.07. The lowest BCUT2D eigenvalue weighted by atomic mass is 10.1. The number of rotatable bonds is 5. The number of piperazine rings is 1. The molecule has 4 rings (SSSR count). The largest absolute Gasteiger partial charge is 0.345 e. The van der Waals surface area contributed by atoms with Crippen LogP contribution in [0.15, 0.2) is 29.6 Å². The molecule has 0 radical (unpaired) electrons. The Morgan fingerprint density at radius 1 is 1.04 bits per heavy atom. The fourth-order valence-corrected chi connectivity index (χ4v) is 6.07. The second-order valence-corrected chi connectivity index (χ2v) is 9.59. The Morgan fingerprint density at radius 3 is 2.39 bits per heavy atom. The summed E-state index contributed by atoms with van der Waals surface area (Å²) in [5.74, 6) is 0. The first-order chi connectivity index (χ1) is 13.4. The van der Waals surface area contributed by atoms with Crippen LogP contribution in [0.3, 0.4) is 0 Å². The first kappa shape index (κ1) is 19.2. The van der Waals surface area contributed by atoms with Gasteiger partial charge in [0, 0.05) is 62.3 Å². The number of benzene rings is 1. The van der Waals surface area contributed by atoms with Crippen LogP contribution in [0, 0.1) is 10.1 Å². The summed E-state index contributed by atoms with van der Waals surface area (Å²) in [5.41, 5.74) is 1.43. The van der Waals surface area contributed by atoms with Gasteiger partial charge in [-0.1, -0.05) is 12.1 Å². The molecule has 9 nitrogen and oxygen atoms in total. The molecular formula is C17H21N5O4S2. The van der Waals surface area contributed by atoms with Crippen molar-refractivity contribution in [3.05, 3.63) is 39.8 Å². The molecule has 0 spiro atoms. The minimum atomic E-state index is -3.36. The summed E-state index contributed by atoms with van der Waals surface area (Å²) in [4.78, 5) is 17.2. The van der Waals surface area contributed by atoms with Crippen molar-refractivity contribution in [2.24, 2.45) is 0 Å². The Hall–Kier alpha value is -2.08. The molecule has 2 aromatic rings. The standard InChI is InChI=1S/C17H21N5O4S2/c23-22(24)15-5-3-4-14(12-15)16-13-27-17(18-16)19-8-10-21(11-9-19)28(25,26)20-6-1-2-7-20/h3-5,12-13H,1-2,6-11H2. The maximum Gasteiger partial charge on any atom is 0.282 e. The molecule has 11 heteroatoms. The normalized spacial score (nSPS) is 19.2. The van der Waals surface area contributed by atoms with Crippen molar-refractivity contribution in [1.29, 1.82) is 0 Å². The number of aromatic nitrogens is 1. The average molecular weight is 424 g/mol. The summed E-state index contributed by atoms with van der Waals surface area (Å²) >= 11 is 1.47. The molecule has 0 atom stereocenters. The van der Waals surface area contributed by atoms with Gasteiger partial charge in [-0.3, -0.25) is 10.1 Å². The van der Waals surface area contributed by atoms with Crippen molar-refractivity contribution in [1.82, 2.24) is 13.6 Å². The highest BCUT2D eigenvalue weighted by atomic mass is 32.2. The van der Waals surface area contributed by atoms with Gasteiger partial charge in [-0.25, -0.2) is 4.98 Å². The topological polar surface area (TPSA) is 99.9 Å². The second kappa shape index (κ2) is 7.74. The Balaban J connectivity index is 1.43. The lowest BCUT2D eigenvalue weighted by Gasteiger charge is -2.35. The number of nitrogens with zero attached hydrogens (tertiary/aromatic N) is 5. The summed E-state index contributed by atoms with van der Waals surface area (Å²) in [5, 5.41) is 13.6. The van der Waals surface area contributed by atoms with E-state index in [1.807, 2.05) is 5.38 Å². The van der Waals surface area contributed by atoms with Crippen molar-refractivity contribution in [3.63, 3.8) is 0 Å². The molecular weight excluding hydrogens is 402 g/mol. The van der Waals surface area contributed by atoms with Crippen LogP contribution in [0.25, 0.3) is 11.3 Å². The summed E-state index contributed by atoms with van der Waals surface area (Å²) in [7, 11) is -3.36. The minimum Gasteiger partial charge on any atom is -0.345 e. The van der Waals surface area contributed by atoms with E-state index in [2.05, 4.69) is 9.88 Å². The average Bonchev–Trinajstić information content (AvgIpc) is 3.41. The highest BCUT2D eigenvalue weighted by Gasteiger charge is 2.34. The fraction of sp³-hybridized carbons (Fsp3) is 0.471. The Bertz CT molecular complexity index is 963. The maximum absolute atomic E-state index is 12.7. The molecule has 0 bridgehead atoms. The van der Waals surface area contributed by atoms with E-state index >= 15 is 0 Å². The van der Waals surface area contributed by atoms with Crippen LogP contribution in [-0.2, 0) is 10.2 Å². The number of hydrogen-bond acceptors (Lipinski definition) is 7. The van der Waals surface area contributed by atoms with Gasteiger partial charge >= 0.3 is 0 Å². The summed E-state index contributed by atoms with van der Waals surface area (Å²) in [6.07, 6.45) is 1.86. The summed E-state index contributed by atoms with van der Waals surface area (Å²) in [6, 6.07) is 6.41. The lowest BCUT2D eigenvalue weighted by molar-refractivity contribution is -0.384. The highest BCUT2D eigenvalue weighted by molar-refractivity contribution is 7.86. The monoisotopic (exact) mass is 423 g/mol. The SMILES string of the molecule is O=[N+]([O-])c1cccc(-c2csc(N3CCN(S(=O)(=O)N4CCCC4)CC3)n2)c1. The Kier molecular flexibility index (Phi) is 5.32. The number of nitro groups is 1. The highest BCUT2D eigenvalue weighted by Crippen LogP contribution is 2.30. The molecule has 3 heterocycles. The van der Waals surface area contributed by atoms with Gasteiger partial charge in [-0.05, 0) is 12.8 Å². The van der Waals surface area contributed by atoms with Gasteiger partial charge in [0.1, 0.15) is 0 Å². The first-order valence-electron chi connectivity index (χ1n) is 9.16. The maximum atomic E-state index is 12.7. The van der Waals surface area contributed by atoms with Gasteiger partial charge in [-0.2, -0.15) is 17.0 Å². The summed E-state index contributed by atoms with van der Waals surface area (Å²) < 4.78 is 28.5. The predicted octanol–water partition coefficient (Wildman–Crippen LogP) is 2.18. The van der Waals surface area contributed by atoms with E-state index < -0.39 is 15.1 Å². The van der Waals surface area contributed by atoms with Gasteiger partial charge in [0.2, 0.25) is 0 Å². The van der Waals surface area contributed by atoms with Gasteiger partial charge < -0.3 is 4.90 Å². The van der Waals surface area contributed by atoms with E-state index in [0.717, 1.165) is 18.0 Å². The van der Waals surface area contributed by atoms with Gasteiger partial charge in [-0.15, -0.1) is 11.3 Å². The molecule has 1 aromatic heterocycles.